The van der Waals surface area contributed by atoms with E-state index in [-0.39, 0.29) is 5.69 Å². The molecule has 0 unspecified atom stereocenters. The van der Waals surface area contributed by atoms with Crippen molar-refractivity contribution in [1.82, 2.24) is 5.32 Å². The Morgan fingerprint density at radius 1 is 1.47 bits per heavy atom. The fourth-order valence-electron chi connectivity index (χ4n) is 1.11. The zero-order valence-electron chi connectivity index (χ0n) is 9.30. The summed E-state index contributed by atoms with van der Waals surface area (Å²) in [5, 5.41) is 16.7. The number of nitro groups is 1. The van der Waals surface area contributed by atoms with Gasteiger partial charge in [0.2, 0.25) is 0 Å². The summed E-state index contributed by atoms with van der Waals surface area (Å²) in [5.41, 5.74) is 0.749. The molecule has 1 rings (SSSR count). The topological polar surface area (TPSA) is 76.4 Å². The van der Waals surface area contributed by atoms with Crippen LogP contribution >= 0.6 is 12.2 Å². The number of thiocarbonyl (C=S) groups is 1. The number of benzene rings is 1. The van der Waals surface area contributed by atoms with Crippen molar-refractivity contribution in [1.29, 1.82) is 0 Å². The average molecular weight is 255 g/mol. The van der Waals surface area contributed by atoms with Gasteiger partial charge in [0.1, 0.15) is 0 Å². The summed E-state index contributed by atoms with van der Waals surface area (Å²) >= 11 is 5.02. The van der Waals surface area contributed by atoms with Gasteiger partial charge in [0.25, 0.3) is 5.69 Å². The van der Waals surface area contributed by atoms with Gasteiger partial charge in [-0.05, 0) is 24.4 Å². The first-order valence-electron chi connectivity index (χ1n) is 4.91. The first-order chi connectivity index (χ1) is 8.13. The highest BCUT2D eigenvalue weighted by molar-refractivity contribution is 7.80. The number of rotatable bonds is 5. The van der Waals surface area contributed by atoms with Gasteiger partial charge in [-0.25, -0.2) is 0 Å². The largest absolute Gasteiger partial charge is 0.383 e. The normalized spacial score (nSPS) is 9.71. The molecule has 17 heavy (non-hydrogen) atoms. The summed E-state index contributed by atoms with van der Waals surface area (Å²) < 4.78 is 4.86. The maximum Gasteiger partial charge on any atom is 0.269 e. The van der Waals surface area contributed by atoms with E-state index < -0.39 is 4.92 Å². The van der Waals surface area contributed by atoms with Crippen LogP contribution in [-0.2, 0) is 4.74 Å². The van der Waals surface area contributed by atoms with Gasteiger partial charge in [0, 0.05) is 31.5 Å². The molecule has 0 aromatic heterocycles. The number of ether oxygens (including phenoxy) is 1. The zero-order chi connectivity index (χ0) is 12.7. The number of nitrogens with one attached hydrogen (secondary N) is 2. The Balaban J connectivity index is 2.46. The van der Waals surface area contributed by atoms with Crippen LogP contribution in [-0.4, -0.2) is 30.3 Å². The van der Waals surface area contributed by atoms with Crippen LogP contribution < -0.4 is 10.6 Å². The van der Waals surface area contributed by atoms with Crippen molar-refractivity contribution < 1.29 is 9.66 Å². The third-order valence-electron chi connectivity index (χ3n) is 1.93. The molecule has 7 heteroatoms. The first kappa shape index (κ1) is 13.3. The highest BCUT2D eigenvalue weighted by atomic mass is 32.1. The molecule has 0 spiro atoms. The third-order valence-corrected chi connectivity index (χ3v) is 2.17. The van der Waals surface area contributed by atoms with Gasteiger partial charge < -0.3 is 15.4 Å². The summed E-state index contributed by atoms with van der Waals surface area (Å²) in [6, 6.07) is 6.03. The molecule has 0 bridgehead atoms. The Hall–Kier alpha value is -1.73. The summed E-state index contributed by atoms with van der Waals surface area (Å²) in [4.78, 5) is 10.00. The van der Waals surface area contributed by atoms with Gasteiger partial charge in [0.05, 0.1) is 11.5 Å². The molecule has 1 aromatic carbocycles. The van der Waals surface area contributed by atoms with E-state index in [1.54, 1.807) is 19.2 Å². The second-order valence-corrected chi connectivity index (χ2v) is 3.59. The molecule has 0 atom stereocenters. The molecule has 1 aromatic rings. The monoisotopic (exact) mass is 255 g/mol. The number of anilines is 1. The number of nitro benzene ring substituents is 1. The molecule has 0 aliphatic heterocycles. The Morgan fingerprint density at radius 2 is 2.12 bits per heavy atom. The van der Waals surface area contributed by atoms with Crippen LogP contribution in [0.25, 0.3) is 0 Å². The van der Waals surface area contributed by atoms with E-state index in [0.29, 0.717) is 24.0 Å². The van der Waals surface area contributed by atoms with Crippen molar-refractivity contribution in [3.63, 3.8) is 0 Å². The highest BCUT2D eigenvalue weighted by Gasteiger charge is 2.04. The fourth-order valence-corrected chi connectivity index (χ4v) is 1.33. The second-order valence-electron chi connectivity index (χ2n) is 3.18. The van der Waals surface area contributed by atoms with Gasteiger partial charge in [-0.3, -0.25) is 10.1 Å². The van der Waals surface area contributed by atoms with E-state index in [9.17, 15) is 10.1 Å². The quantitative estimate of drug-likeness (QED) is 0.359. The van der Waals surface area contributed by atoms with E-state index in [0.717, 1.165) is 0 Å². The smallest absolute Gasteiger partial charge is 0.269 e. The van der Waals surface area contributed by atoms with Crippen molar-refractivity contribution in [3.05, 3.63) is 34.4 Å². The Labute approximate surface area is 104 Å². The molecule has 0 saturated carbocycles. The predicted octanol–water partition coefficient (Wildman–Crippen LogP) is 1.53. The molecule has 92 valence electrons. The molecule has 0 aliphatic carbocycles. The minimum absolute atomic E-state index is 0.0498. The third kappa shape index (κ3) is 4.75. The Bertz CT molecular complexity index is 394. The van der Waals surface area contributed by atoms with E-state index in [2.05, 4.69) is 10.6 Å². The summed E-state index contributed by atoms with van der Waals surface area (Å²) in [6.07, 6.45) is 0. The summed E-state index contributed by atoms with van der Waals surface area (Å²) in [7, 11) is 1.61. The molecule has 0 amide bonds. The second kappa shape index (κ2) is 6.77. The SMILES string of the molecule is COCCNC(=S)Nc1ccc([N+](=O)[O-])cc1. The zero-order valence-corrected chi connectivity index (χ0v) is 10.1. The van der Waals surface area contributed by atoms with Gasteiger partial charge in [-0.2, -0.15) is 0 Å². The standard InChI is InChI=1S/C10H13N3O3S/c1-16-7-6-11-10(17)12-8-2-4-9(5-3-8)13(14)15/h2-5H,6-7H2,1H3,(H2,11,12,17). The Morgan fingerprint density at radius 3 is 2.65 bits per heavy atom. The van der Waals surface area contributed by atoms with Crippen LogP contribution in [0.2, 0.25) is 0 Å². The minimum atomic E-state index is -0.445. The molecular formula is C10H13N3O3S. The number of non-ortho nitro benzene ring substituents is 1. The van der Waals surface area contributed by atoms with E-state index in [1.807, 2.05) is 0 Å². The van der Waals surface area contributed by atoms with Crippen molar-refractivity contribution in [2.45, 2.75) is 0 Å². The number of hydrogen-bond donors (Lipinski definition) is 2. The highest BCUT2D eigenvalue weighted by Crippen LogP contribution is 2.15. The summed E-state index contributed by atoms with van der Waals surface area (Å²) in [5.74, 6) is 0. The minimum Gasteiger partial charge on any atom is -0.383 e. The predicted molar refractivity (Wildman–Crippen MR) is 69.2 cm³/mol. The first-order valence-corrected chi connectivity index (χ1v) is 5.32. The summed E-state index contributed by atoms with van der Waals surface area (Å²) in [6.45, 7) is 1.16. The van der Waals surface area contributed by atoms with Crippen molar-refractivity contribution >= 4 is 28.7 Å². The lowest BCUT2D eigenvalue weighted by Gasteiger charge is -2.09. The molecule has 0 heterocycles. The Kier molecular flexibility index (Phi) is 5.31. The van der Waals surface area contributed by atoms with Crippen molar-refractivity contribution in [2.75, 3.05) is 25.6 Å². The molecule has 0 fully saturated rings. The van der Waals surface area contributed by atoms with Gasteiger partial charge >= 0.3 is 0 Å². The maximum absolute atomic E-state index is 10.4. The van der Waals surface area contributed by atoms with Crippen molar-refractivity contribution in [3.8, 4) is 0 Å². The number of hydrogen-bond acceptors (Lipinski definition) is 4. The lowest BCUT2D eigenvalue weighted by atomic mass is 10.3. The van der Waals surface area contributed by atoms with Crippen LogP contribution in [0.5, 0.6) is 0 Å². The molecule has 0 saturated heterocycles. The van der Waals surface area contributed by atoms with E-state index in [4.69, 9.17) is 17.0 Å². The average Bonchev–Trinajstić information content (AvgIpc) is 2.30. The van der Waals surface area contributed by atoms with Crippen LogP contribution in [0.1, 0.15) is 0 Å². The molecule has 0 aliphatic rings. The van der Waals surface area contributed by atoms with Crippen molar-refractivity contribution in [2.24, 2.45) is 0 Å². The number of methoxy groups -OCH3 is 1. The van der Waals surface area contributed by atoms with Crippen LogP contribution in [0.3, 0.4) is 0 Å². The molecular weight excluding hydrogens is 242 g/mol. The van der Waals surface area contributed by atoms with Gasteiger partial charge in [-0.15, -0.1) is 0 Å². The molecule has 0 radical (unpaired) electrons. The lowest BCUT2D eigenvalue weighted by molar-refractivity contribution is -0.384. The lowest BCUT2D eigenvalue weighted by Crippen LogP contribution is -2.31. The van der Waals surface area contributed by atoms with Gasteiger partial charge in [-0.1, -0.05) is 0 Å². The van der Waals surface area contributed by atoms with Gasteiger partial charge in [0.15, 0.2) is 5.11 Å². The van der Waals surface area contributed by atoms with E-state index in [1.165, 1.54) is 12.1 Å². The fraction of sp³-hybridized carbons (Fsp3) is 0.300. The van der Waals surface area contributed by atoms with Crippen LogP contribution in [0, 0.1) is 10.1 Å². The van der Waals surface area contributed by atoms with Crippen LogP contribution in [0.4, 0.5) is 11.4 Å². The van der Waals surface area contributed by atoms with Crippen LogP contribution in [0.15, 0.2) is 24.3 Å². The van der Waals surface area contributed by atoms with E-state index >= 15 is 0 Å². The maximum atomic E-state index is 10.4. The molecule has 2 N–H and O–H groups in total. The number of nitrogens with zero attached hydrogens (tertiary/aromatic N) is 1. The molecule has 6 nitrogen and oxygen atoms in total.